The summed E-state index contributed by atoms with van der Waals surface area (Å²) in [6, 6.07) is 0. The number of hydrogen-bond acceptors (Lipinski definition) is 0. The third kappa shape index (κ3) is 3.19. The van der Waals surface area contributed by atoms with Gasteiger partial charge in [0.1, 0.15) is 0 Å². The maximum atomic E-state index is 2.48. The van der Waals surface area contributed by atoms with Gasteiger partial charge in [0.2, 0.25) is 0 Å². The van der Waals surface area contributed by atoms with E-state index in [0.717, 1.165) is 29.6 Å². The molecule has 0 saturated heterocycles. The largest absolute Gasteiger partial charge is 0.113 e. The zero-order valence-electron chi connectivity index (χ0n) is 11.5. The Bertz CT molecular complexity index is 176. The van der Waals surface area contributed by atoms with E-state index in [4.69, 9.17) is 0 Å². The van der Waals surface area contributed by atoms with Gasteiger partial charge < -0.3 is 0 Å². The first-order valence-electron chi connectivity index (χ1n) is 6.59. The lowest BCUT2D eigenvalue weighted by Crippen LogP contribution is -2.46. The van der Waals surface area contributed by atoms with Gasteiger partial charge in [-0.15, -0.1) is 7.92 Å². The van der Waals surface area contributed by atoms with E-state index < -0.39 is 0 Å². The second-order valence-corrected chi connectivity index (χ2v) is 8.76. The summed E-state index contributed by atoms with van der Waals surface area (Å²) in [5.41, 5.74) is 0. The molecule has 0 heterocycles. The number of hydrogen-bond donors (Lipinski definition) is 0. The fraction of sp³-hybridized carbons (Fsp3) is 1.00. The maximum absolute atomic E-state index is 2.48. The molecule has 0 radical (unpaired) electrons. The van der Waals surface area contributed by atoms with Crippen LogP contribution in [0.2, 0.25) is 0 Å². The van der Waals surface area contributed by atoms with E-state index in [-0.39, 0.29) is 0 Å². The van der Waals surface area contributed by atoms with Crippen LogP contribution < -0.4 is 0 Å². The fourth-order valence-corrected chi connectivity index (χ4v) is 4.58. The highest BCUT2D eigenvalue weighted by Gasteiger charge is 2.45. The Morgan fingerprint density at radius 2 is 1.60 bits per heavy atom. The number of rotatable bonds is 5. The Morgan fingerprint density at radius 3 is 2.00 bits per heavy atom. The summed E-state index contributed by atoms with van der Waals surface area (Å²) in [4.78, 5) is 0. The van der Waals surface area contributed by atoms with Gasteiger partial charge in [-0.25, -0.2) is 0 Å². The second kappa shape index (κ2) is 5.67. The summed E-state index contributed by atoms with van der Waals surface area (Å²) in [6.07, 6.45) is 4.45. The van der Waals surface area contributed by atoms with Crippen LogP contribution in [0.1, 0.15) is 40.5 Å². The molecule has 2 unspecified atom stereocenters. The maximum Gasteiger partial charge on any atom is -0.0331 e. The van der Waals surface area contributed by atoms with Crippen molar-refractivity contribution in [2.75, 3.05) is 19.5 Å². The first-order valence-corrected chi connectivity index (χ1v) is 9.02. The molecule has 0 nitrogen and oxygen atoms in total. The van der Waals surface area contributed by atoms with E-state index in [1.54, 1.807) is 0 Å². The molecule has 1 heteroatoms. The summed E-state index contributed by atoms with van der Waals surface area (Å²) >= 11 is 0. The van der Waals surface area contributed by atoms with Crippen molar-refractivity contribution in [3.05, 3.63) is 0 Å². The highest BCUT2D eigenvalue weighted by Crippen LogP contribution is 2.51. The molecule has 0 N–H and O–H groups in total. The van der Waals surface area contributed by atoms with Crippen LogP contribution in [0.5, 0.6) is 0 Å². The molecule has 0 aromatic heterocycles. The van der Waals surface area contributed by atoms with E-state index in [9.17, 15) is 0 Å². The molecular formula is C14H29P. The third-order valence-corrected chi connectivity index (χ3v) is 5.69. The molecule has 0 aromatic carbocycles. The highest BCUT2D eigenvalue weighted by atomic mass is 31.1. The summed E-state index contributed by atoms with van der Waals surface area (Å²) in [5.74, 6) is 4.90. The van der Waals surface area contributed by atoms with E-state index in [2.05, 4.69) is 41.0 Å². The molecule has 1 aliphatic rings. The average molecular weight is 228 g/mol. The molecule has 1 fully saturated rings. The van der Waals surface area contributed by atoms with E-state index in [1.807, 2.05) is 0 Å². The fourth-order valence-electron chi connectivity index (χ4n) is 3.77. The minimum atomic E-state index is 0.336. The Labute approximate surface area is 98.0 Å². The van der Waals surface area contributed by atoms with Crippen LogP contribution >= 0.6 is 7.92 Å². The minimum Gasteiger partial charge on any atom is -0.113 e. The van der Waals surface area contributed by atoms with Crippen molar-refractivity contribution in [3.8, 4) is 0 Å². The van der Waals surface area contributed by atoms with Crippen LogP contribution in [0.4, 0.5) is 0 Å². The van der Waals surface area contributed by atoms with Crippen LogP contribution in [0.25, 0.3) is 0 Å². The van der Waals surface area contributed by atoms with Crippen molar-refractivity contribution in [3.63, 3.8) is 0 Å². The highest BCUT2D eigenvalue weighted by molar-refractivity contribution is 7.55. The van der Waals surface area contributed by atoms with Crippen molar-refractivity contribution in [2.45, 2.75) is 40.5 Å². The molecule has 0 amide bonds. The SMILES string of the molecule is CC(C)C1C(C)C(CCCP(C)C)C1C. The van der Waals surface area contributed by atoms with Gasteiger partial charge >= 0.3 is 0 Å². The van der Waals surface area contributed by atoms with Crippen molar-refractivity contribution >= 4 is 7.92 Å². The molecule has 0 aliphatic heterocycles. The van der Waals surface area contributed by atoms with Crippen molar-refractivity contribution < 1.29 is 0 Å². The molecule has 0 spiro atoms. The van der Waals surface area contributed by atoms with Crippen LogP contribution in [-0.2, 0) is 0 Å². The standard InChI is InChI=1S/C14H29P/c1-10(2)14-11(3)13(12(14)4)8-7-9-15(5)6/h10-14H,7-9H2,1-6H3. The molecule has 1 saturated carbocycles. The van der Waals surface area contributed by atoms with Crippen LogP contribution in [-0.4, -0.2) is 19.5 Å². The molecule has 90 valence electrons. The van der Waals surface area contributed by atoms with Crippen molar-refractivity contribution in [2.24, 2.45) is 29.6 Å². The molecule has 15 heavy (non-hydrogen) atoms. The molecule has 0 bridgehead atoms. The third-order valence-electron chi connectivity index (χ3n) is 4.48. The molecule has 1 rings (SSSR count). The van der Waals surface area contributed by atoms with Gasteiger partial charge in [-0.3, -0.25) is 0 Å². The lowest BCUT2D eigenvalue weighted by Gasteiger charge is -2.52. The van der Waals surface area contributed by atoms with Gasteiger partial charge in [0, 0.05) is 0 Å². The lowest BCUT2D eigenvalue weighted by atomic mass is 9.53. The van der Waals surface area contributed by atoms with Crippen LogP contribution in [0.15, 0.2) is 0 Å². The quantitative estimate of drug-likeness (QED) is 0.599. The summed E-state index contributed by atoms with van der Waals surface area (Å²) in [6.45, 7) is 14.6. The monoisotopic (exact) mass is 228 g/mol. The minimum absolute atomic E-state index is 0.336. The predicted molar refractivity (Wildman–Crippen MR) is 73.0 cm³/mol. The zero-order chi connectivity index (χ0) is 11.6. The predicted octanol–water partition coefficient (Wildman–Crippen LogP) is 4.68. The Morgan fingerprint density at radius 1 is 1.07 bits per heavy atom. The zero-order valence-corrected chi connectivity index (χ0v) is 12.3. The Kier molecular flexibility index (Phi) is 5.10. The Balaban J connectivity index is 2.28. The van der Waals surface area contributed by atoms with E-state index >= 15 is 0 Å². The smallest absolute Gasteiger partial charge is 0.0331 e. The van der Waals surface area contributed by atoms with Crippen molar-refractivity contribution in [1.29, 1.82) is 0 Å². The van der Waals surface area contributed by atoms with Gasteiger partial charge in [0.25, 0.3) is 0 Å². The second-order valence-electron chi connectivity index (χ2n) is 6.15. The van der Waals surface area contributed by atoms with Gasteiger partial charge in [0.15, 0.2) is 0 Å². The van der Waals surface area contributed by atoms with Gasteiger partial charge in [0.05, 0.1) is 0 Å². The van der Waals surface area contributed by atoms with E-state index in [0.29, 0.717) is 7.92 Å². The average Bonchev–Trinajstić information content (AvgIpc) is 2.11. The summed E-state index contributed by atoms with van der Waals surface area (Å²) in [5, 5.41) is 0. The lowest BCUT2D eigenvalue weighted by molar-refractivity contribution is -0.0339. The first-order chi connectivity index (χ1) is 6.95. The van der Waals surface area contributed by atoms with Gasteiger partial charge in [-0.2, -0.15) is 0 Å². The van der Waals surface area contributed by atoms with Gasteiger partial charge in [-0.05, 0) is 61.9 Å². The van der Waals surface area contributed by atoms with Gasteiger partial charge in [-0.1, -0.05) is 27.7 Å². The van der Waals surface area contributed by atoms with E-state index in [1.165, 1.54) is 19.0 Å². The molecule has 1 aliphatic carbocycles. The normalized spacial score (nSPS) is 36.0. The van der Waals surface area contributed by atoms with Crippen LogP contribution in [0, 0.1) is 29.6 Å². The van der Waals surface area contributed by atoms with Crippen molar-refractivity contribution in [1.82, 2.24) is 0 Å². The molecular weight excluding hydrogens is 199 g/mol. The summed E-state index contributed by atoms with van der Waals surface area (Å²) < 4.78 is 0. The topological polar surface area (TPSA) is 0 Å². The molecule has 2 atom stereocenters. The first kappa shape index (κ1) is 13.5. The molecule has 0 aromatic rings. The summed E-state index contributed by atoms with van der Waals surface area (Å²) in [7, 11) is 0.336. The Hall–Kier alpha value is 0.430. The van der Waals surface area contributed by atoms with Crippen LogP contribution in [0.3, 0.4) is 0 Å².